The molecule has 0 aromatic heterocycles. The molecule has 0 saturated carbocycles. The number of alkyl halides is 3. The molecule has 0 spiro atoms. The molecule has 0 amide bonds. The van der Waals surface area contributed by atoms with Crippen LogP contribution in [0.15, 0.2) is 48.5 Å². The molecule has 2 aromatic carbocycles. The van der Waals surface area contributed by atoms with Crippen molar-refractivity contribution >= 4 is 29.3 Å². The van der Waals surface area contributed by atoms with Crippen LogP contribution in [0.1, 0.15) is 22.6 Å². The minimum Gasteiger partial charge on any atom is -0.326 e. The van der Waals surface area contributed by atoms with Gasteiger partial charge in [0.1, 0.15) is 0 Å². The number of allylic oxidation sites excluding steroid dienone is 1. The Labute approximate surface area is 142 Å². The lowest BCUT2D eigenvalue weighted by Crippen LogP contribution is -2.18. The Balaban J connectivity index is 2.33. The lowest BCUT2D eigenvalue weighted by Gasteiger charge is -2.18. The third-order valence-electron chi connectivity index (χ3n) is 3.29. The van der Waals surface area contributed by atoms with Crippen LogP contribution in [-0.4, -0.2) is 6.18 Å². The highest BCUT2D eigenvalue weighted by atomic mass is 35.5. The Morgan fingerprint density at radius 3 is 2.04 bits per heavy atom. The monoisotopic (exact) mass is 359 g/mol. The molecule has 2 rings (SSSR count). The molecule has 1 unspecified atom stereocenters. The minimum absolute atomic E-state index is 0.00447. The quantitative estimate of drug-likeness (QED) is 0.731. The third kappa shape index (κ3) is 4.99. The maximum atomic E-state index is 13.3. The molecule has 122 valence electrons. The summed E-state index contributed by atoms with van der Waals surface area (Å²) in [7, 11) is 0. The standard InChI is InChI=1S/C17H14Cl2F3N/c18-14-7-13(8-15(19)9-14)16(17(20,21)22)6-5-11-1-3-12(10-23)4-2-11/h1-9,16H,10,23H2. The number of rotatable bonds is 4. The zero-order chi connectivity index (χ0) is 17.0. The number of nitrogens with two attached hydrogens (primary N) is 1. The molecule has 0 bridgehead atoms. The molecule has 0 saturated heterocycles. The van der Waals surface area contributed by atoms with Crippen molar-refractivity contribution in [3.8, 4) is 0 Å². The summed E-state index contributed by atoms with van der Waals surface area (Å²) in [6.07, 6.45) is -1.92. The van der Waals surface area contributed by atoms with Crippen LogP contribution in [0.25, 0.3) is 6.08 Å². The van der Waals surface area contributed by atoms with Gasteiger partial charge in [0, 0.05) is 16.6 Å². The lowest BCUT2D eigenvalue weighted by atomic mass is 9.97. The van der Waals surface area contributed by atoms with Crippen molar-refractivity contribution in [2.24, 2.45) is 5.73 Å². The van der Waals surface area contributed by atoms with Gasteiger partial charge in [-0.05, 0) is 34.9 Å². The van der Waals surface area contributed by atoms with E-state index in [9.17, 15) is 13.2 Å². The van der Waals surface area contributed by atoms with Crippen molar-refractivity contribution in [3.05, 3.63) is 75.3 Å². The Morgan fingerprint density at radius 2 is 1.57 bits per heavy atom. The first-order chi connectivity index (χ1) is 10.8. The summed E-state index contributed by atoms with van der Waals surface area (Å²) in [6.45, 7) is 0.385. The summed E-state index contributed by atoms with van der Waals surface area (Å²) in [5, 5.41) is 0.338. The smallest absolute Gasteiger partial charge is 0.326 e. The van der Waals surface area contributed by atoms with Crippen LogP contribution in [-0.2, 0) is 6.54 Å². The average Bonchev–Trinajstić information content (AvgIpc) is 2.45. The maximum absolute atomic E-state index is 13.3. The molecule has 0 aliphatic heterocycles. The van der Waals surface area contributed by atoms with E-state index < -0.39 is 12.1 Å². The summed E-state index contributed by atoms with van der Waals surface area (Å²) in [4.78, 5) is 0. The van der Waals surface area contributed by atoms with E-state index in [2.05, 4.69) is 0 Å². The van der Waals surface area contributed by atoms with Crippen LogP contribution < -0.4 is 5.73 Å². The molecule has 0 fully saturated rings. The van der Waals surface area contributed by atoms with Gasteiger partial charge in [-0.15, -0.1) is 0 Å². The summed E-state index contributed by atoms with van der Waals surface area (Å²) < 4.78 is 40.0. The first kappa shape index (κ1) is 17.9. The second kappa shape index (κ2) is 7.39. The summed E-state index contributed by atoms with van der Waals surface area (Å²) in [6, 6.07) is 10.9. The van der Waals surface area contributed by atoms with Gasteiger partial charge in [-0.2, -0.15) is 13.2 Å². The molecule has 6 heteroatoms. The number of hydrogen-bond acceptors (Lipinski definition) is 1. The Morgan fingerprint density at radius 1 is 1.00 bits per heavy atom. The maximum Gasteiger partial charge on any atom is 0.399 e. The first-order valence-corrected chi connectivity index (χ1v) is 7.55. The van der Waals surface area contributed by atoms with Gasteiger partial charge in [0.05, 0.1) is 5.92 Å². The van der Waals surface area contributed by atoms with Gasteiger partial charge in [-0.25, -0.2) is 0 Å². The summed E-state index contributed by atoms with van der Waals surface area (Å²) >= 11 is 11.6. The van der Waals surface area contributed by atoms with Crippen LogP contribution in [0.5, 0.6) is 0 Å². The Kier molecular flexibility index (Phi) is 5.74. The van der Waals surface area contributed by atoms with E-state index in [1.807, 2.05) is 0 Å². The van der Waals surface area contributed by atoms with Crippen LogP contribution in [0.4, 0.5) is 13.2 Å². The number of benzene rings is 2. The van der Waals surface area contributed by atoms with E-state index in [0.29, 0.717) is 12.1 Å². The number of hydrogen-bond donors (Lipinski definition) is 1. The van der Waals surface area contributed by atoms with Crippen molar-refractivity contribution in [2.75, 3.05) is 0 Å². The molecule has 0 heterocycles. The van der Waals surface area contributed by atoms with E-state index in [4.69, 9.17) is 28.9 Å². The van der Waals surface area contributed by atoms with Crippen LogP contribution >= 0.6 is 23.2 Å². The summed E-state index contributed by atoms with van der Waals surface area (Å²) in [5.74, 6) is -1.78. The Hall–Kier alpha value is -1.49. The van der Waals surface area contributed by atoms with Crippen LogP contribution in [0, 0.1) is 0 Å². The number of halogens is 5. The zero-order valence-corrected chi connectivity index (χ0v) is 13.5. The van der Waals surface area contributed by atoms with Gasteiger partial charge in [-0.3, -0.25) is 0 Å². The minimum atomic E-state index is -4.44. The molecule has 1 nitrogen and oxygen atoms in total. The van der Waals surface area contributed by atoms with Gasteiger partial charge < -0.3 is 5.73 Å². The Bertz CT molecular complexity index is 674. The van der Waals surface area contributed by atoms with E-state index in [0.717, 1.165) is 11.6 Å². The summed E-state index contributed by atoms with van der Waals surface area (Å²) in [5.41, 5.74) is 7.07. The van der Waals surface area contributed by atoms with Crippen molar-refractivity contribution in [1.82, 2.24) is 0 Å². The van der Waals surface area contributed by atoms with E-state index in [-0.39, 0.29) is 15.6 Å². The highest BCUT2D eigenvalue weighted by molar-refractivity contribution is 6.34. The first-order valence-electron chi connectivity index (χ1n) is 6.79. The van der Waals surface area contributed by atoms with Crippen molar-refractivity contribution in [2.45, 2.75) is 18.6 Å². The largest absolute Gasteiger partial charge is 0.399 e. The molecule has 0 aliphatic rings. The predicted molar refractivity (Wildman–Crippen MR) is 88.6 cm³/mol. The SMILES string of the molecule is NCc1ccc(C=CC(c2cc(Cl)cc(Cl)c2)C(F)(F)F)cc1. The molecule has 2 aromatic rings. The second-order valence-electron chi connectivity index (χ2n) is 5.03. The normalized spacial score (nSPS) is 13.5. The molecular formula is C17H14Cl2F3N. The van der Waals surface area contributed by atoms with Crippen molar-refractivity contribution in [3.63, 3.8) is 0 Å². The second-order valence-corrected chi connectivity index (χ2v) is 5.90. The topological polar surface area (TPSA) is 26.0 Å². The molecular weight excluding hydrogens is 346 g/mol. The fourth-order valence-electron chi connectivity index (χ4n) is 2.14. The van der Waals surface area contributed by atoms with Gasteiger partial charge in [0.2, 0.25) is 0 Å². The van der Waals surface area contributed by atoms with E-state index in [1.54, 1.807) is 24.3 Å². The fourth-order valence-corrected chi connectivity index (χ4v) is 2.68. The van der Waals surface area contributed by atoms with Crippen LogP contribution in [0.3, 0.4) is 0 Å². The van der Waals surface area contributed by atoms with Crippen molar-refractivity contribution < 1.29 is 13.2 Å². The molecule has 1 atom stereocenters. The zero-order valence-electron chi connectivity index (χ0n) is 11.9. The predicted octanol–water partition coefficient (Wildman–Crippen LogP) is 5.81. The molecule has 0 radical (unpaired) electrons. The van der Waals surface area contributed by atoms with Crippen LogP contribution in [0.2, 0.25) is 10.0 Å². The van der Waals surface area contributed by atoms with E-state index in [1.165, 1.54) is 24.3 Å². The van der Waals surface area contributed by atoms with Gasteiger partial charge in [0.15, 0.2) is 0 Å². The third-order valence-corrected chi connectivity index (χ3v) is 3.73. The van der Waals surface area contributed by atoms with Gasteiger partial charge in [0.25, 0.3) is 0 Å². The van der Waals surface area contributed by atoms with Gasteiger partial charge >= 0.3 is 6.18 Å². The van der Waals surface area contributed by atoms with Crippen molar-refractivity contribution in [1.29, 1.82) is 0 Å². The molecule has 2 N–H and O–H groups in total. The van der Waals surface area contributed by atoms with E-state index >= 15 is 0 Å². The highest BCUT2D eigenvalue weighted by Gasteiger charge is 2.39. The highest BCUT2D eigenvalue weighted by Crippen LogP contribution is 2.38. The average molecular weight is 360 g/mol. The lowest BCUT2D eigenvalue weighted by molar-refractivity contribution is -0.139. The molecule has 23 heavy (non-hydrogen) atoms. The fraction of sp³-hybridized carbons (Fsp3) is 0.176. The van der Waals surface area contributed by atoms with Gasteiger partial charge in [-0.1, -0.05) is 59.6 Å². The molecule has 0 aliphatic carbocycles.